The molecule has 0 aliphatic carbocycles. The van der Waals surface area contributed by atoms with E-state index < -0.39 is 0 Å². The zero-order valence-corrected chi connectivity index (χ0v) is 18.1. The Hall–Kier alpha value is -2.18. The van der Waals surface area contributed by atoms with Crippen LogP contribution in [0, 0.1) is 5.92 Å². The average Bonchev–Trinajstić information content (AvgIpc) is 3.24. The summed E-state index contributed by atoms with van der Waals surface area (Å²) in [6.45, 7) is 3.63. The van der Waals surface area contributed by atoms with Gasteiger partial charge < -0.3 is 19.6 Å². The Bertz CT molecular complexity index is 746. The van der Waals surface area contributed by atoms with Gasteiger partial charge in [-0.05, 0) is 43.4 Å². The largest absolute Gasteiger partial charge is 0.394 e. The van der Waals surface area contributed by atoms with Gasteiger partial charge in [-0.15, -0.1) is 0 Å². The molecule has 1 aromatic carbocycles. The van der Waals surface area contributed by atoms with Crippen LogP contribution in [0.2, 0.25) is 0 Å². The zero-order valence-electron chi connectivity index (χ0n) is 18.1. The lowest BCUT2D eigenvalue weighted by atomic mass is 9.96. The second-order valence-corrected chi connectivity index (χ2v) is 8.31. The minimum atomic E-state index is -0.126. The summed E-state index contributed by atoms with van der Waals surface area (Å²) in [5.74, 6) is 0.358. The van der Waals surface area contributed by atoms with Crippen molar-refractivity contribution < 1.29 is 19.4 Å². The topological polar surface area (TPSA) is 70.1 Å². The van der Waals surface area contributed by atoms with Crippen molar-refractivity contribution in [3.8, 4) is 0 Å². The van der Waals surface area contributed by atoms with Crippen LogP contribution in [0.15, 0.2) is 36.4 Å². The number of benzene rings is 1. The average molecular weight is 415 g/mol. The minimum absolute atomic E-state index is 0.0275. The van der Waals surface area contributed by atoms with Gasteiger partial charge in [-0.2, -0.15) is 0 Å². The van der Waals surface area contributed by atoms with E-state index in [1.165, 1.54) is 0 Å². The molecular formula is C24H34N2O4. The van der Waals surface area contributed by atoms with Gasteiger partial charge in [0.2, 0.25) is 11.8 Å². The van der Waals surface area contributed by atoms with Gasteiger partial charge in [0.15, 0.2) is 0 Å². The number of hydrogen-bond acceptors (Lipinski definition) is 4. The molecule has 1 aromatic rings. The number of anilines is 1. The lowest BCUT2D eigenvalue weighted by Crippen LogP contribution is -2.37. The summed E-state index contributed by atoms with van der Waals surface area (Å²) < 4.78 is 5.74. The van der Waals surface area contributed by atoms with Crippen LogP contribution >= 0.6 is 0 Å². The summed E-state index contributed by atoms with van der Waals surface area (Å²) in [5.41, 5.74) is 1.99. The Balaban J connectivity index is 1.58. The smallest absolute Gasteiger partial charge is 0.226 e. The van der Waals surface area contributed by atoms with E-state index in [2.05, 4.69) is 6.92 Å². The third kappa shape index (κ3) is 5.29. The van der Waals surface area contributed by atoms with Gasteiger partial charge in [0, 0.05) is 44.6 Å². The van der Waals surface area contributed by atoms with Gasteiger partial charge in [0.1, 0.15) is 0 Å². The van der Waals surface area contributed by atoms with Crippen molar-refractivity contribution in [3.63, 3.8) is 0 Å². The maximum atomic E-state index is 12.4. The highest BCUT2D eigenvalue weighted by atomic mass is 16.5. The molecule has 6 nitrogen and oxygen atoms in total. The summed E-state index contributed by atoms with van der Waals surface area (Å²) in [7, 11) is 1.69. The number of rotatable bonds is 8. The number of methoxy groups -OCH3 is 1. The van der Waals surface area contributed by atoms with Crippen LogP contribution < -0.4 is 4.90 Å². The Kier molecular flexibility index (Phi) is 8.05. The van der Waals surface area contributed by atoms with Gasteiger partial charge in [-0.3, -0.25) is 9.59 Å². The number of aliphatic hydroxyl groups excluding tert-OH is 1. The van der Waals surface area contributed by atoms with Crippen molar-refractivity contribution >= 4 is 17.5 Å². The van der Waals surface area contributed by atoms with Gasteiger partial charge in [0.25, 0.3) is 0 Å². The number of likely N-dealkylation sites (tertiary alicyclic amines) is 1. The van der Waals surface area contributed by atoms with E-state index >= 15 is 0 Å². The minimum Gasteiger partial charge on any atom is -0.394 e. The van der Waals surface area contributed by atoms with Crippen LogP contribution in [0.4, 0.5) is 5.69 Å². The molecule has 2 saturated heterocycles. The van der Waals surface area contributed by atoms with Crippen molar-refractivity contribution in [1.82, 2.24) is 4.90 Å². The number of amides is 2. The Labute approximate surface area is 179 Å². The molecule has 2 aliphatic heterocycles. The van der Waals surface area contributed by atoms with Crippen LogP contribution in [0.25, 0.3) is 0 Å². The molecule has 0 saturated carbocycles. The van der Waals surface area contributed by atoms with Gasteiger partial charge in [-0.25, -0.2) is 0 Å². The van der Waals surface area contributed by atoms with Crippen molar-refractivity contribution in [1.29, 1.82) is 0 Å². The molecule has 2 amide bonds. The quantitative estimate of drug-likeness (QED) is 0.662. The number of carbonyl (C=O) groups is 2. The second-order valence-electron chi connectivity index (χ2n) is 8.31. The number of ether oxygens (including phenoxy) is 1. The first kappa shape index (κ1) is 22.5. The molecule has 30 heavy (non-hydrogen) atoms. The Morgan fingerprint density at radius 2 is 2.00 bits per heavy atom. The molecule has 6 heteroatoms. The number of piperidine rings is 1. The molecule has 0 radical (unpaired) electrons. The Morgan fingerprint density at radius 3 is 2.67 bits per heavy atom. The molecule has 0 unspecified atom stereocenters. The van der Waals surface area contributed by atoms with Crippen LogP contribution in [-0.4, -0.2) is 54.7 Å². The predicted molar refractivity (Wildman–Crippen MR) is 117 cm³/mol. The van der Waals surface area contributed by atoms with E-state index in [1.54, 1.807) is 12.0 Å². The fourth-order valence-electron chi connectivity index (χ4n) is 4.53. The van der Waals surface area contributed by atoms with Crippen LogP contribution in [0.3, 0.4) is 0 Å². The van der Waals surface area contributed by atoms with E-state index in [-0.39, 0.29) is 36.5 Å². The molecule has 0 aromatic heterocycles. The molecule has 2 heterocycles. The standard InChI is InChI=1S/C24H34N2O4/c1-18(7-5-10-23(29)26-16-6-8-21(26)17-27)24(30-2)19-11-13-20(14-12-19)25-15-4-3-9-22(25)28/h5,7,11-14,18,21,24,27H,3-4,6,8-10,15-17H2,1-2H3/b7-5+/t18-,21-,24+/m0/s1. The third-order valence-electron chi connectivity index (χ3n) is 6.23. The third-order valence-corrected chi connectivity index (χ3v) is 6.23. The number of hydrogen-bond donors (Lipinski definition) is 1. The lowest BCUT2D eigenvalue weighted by Gasteiger charge is -2.27. The molecule has 2 fully saturated rings. The number of carbonyl (C=O) groups excluding carboxylic acids is 2. The molecule has 3 atom stereocenters. The highest BCUT2D eigenvalue weighted by Gasteiger charge is 2.27. The first-order valence-electron chi connectivity index (χ1n) is 11.0. The molecule has 164 valence electrons. The fourth-order valence-corrected chi connectivity index (χ4v) is 4.53. The van der Waals surface area contributed by atoms with E-state index in [9.17, 15) is 14.7 Å². The van der Waals surface area contributed by atoms with E-state index in [0.717, 1.165) is 50.0 Å². The van der Waals surface area contributed by atoms with Crippen molar-refractivity contribution in [2.75, 3.05) is 31.7 Å². The summed E-state index contributed by atoms with van der Waals surface area (Å²) in [5, 5.41) is 9.40. The first-order chi connectivity index (χ1) is 14.5. The summed E-state index contributed by atoms with van der Waals surface area (Å²) in [4.78, 5) is 28.2. The summed E-state index contributed by atoms with van der Waals surface area (Å²) >= 11 is 0. The molecule has 3 rings (SSSR count). The maximum absolute atomic E-state index is 12.4. The zero-order chi connectivity index (χ0) is 21.5. The molecular weight excluding hydrogens is 380 g/mol. The molecule has 2 aliphatic rings. The van der Waals surface area contributed by atoms with Crippen LogP contribution in [0.5, 0.6) is 0 Å². The first-order valence-corrected chi connectivity index (χ1v) is 11.0. The van der Waals surface area contributed by atoms with E-state index in [0.29, 0.717) is 12.8 Å². The monoisotopic (exact) mass is 414 g/mol. The summed E-state index contributed by atoms with van der Waals surface area (Å²) in [6, 6.07) is 8.01. The van der Waals surface area contributed by atoms with Gasteiger partial charge in [-0.1, -0.05) is 31.2 Å². The summed E-state index contributed by atoms with van der Waals surface area (Å²) in [6.07, 6.45) is 8.64. The van der Waals surface area contributed by atoms with E-state index in [1.807, 2.05) is 41.3 Å². The van der Waals surface area contributed by atoms with Crippen molar-refractivity contribution in [2.45, 2.75) is 57.6 Å². The highest BCUT2D eigenvalue weighted by Crippen LogP contribution is 2.29. The maximum Gasteiger partial charge on any atom is 0.226 e. The van der Waals surface area contributed by atoms with Gasteiger partial charge >= 0.3 is 0 Å². The second kappa shape index (κ2) is 10.7. The molecule has 0 bridgehead atoms. The fraction of sp³-hybridized carbons (Fsp3) is 0.583. The van der Waals surface area contributed by atoms with Crippen molar-refractivity contribution in [2.24, 2.45) is 5.92 Å². The van der Waals surface area contributed by atoms with E-state index in [4.69, 9.17) is 4.74 Å². The Morgan fingerprint density at radius 1 is 1.23 bits per heavy atom. The highest BCUT2D eigenvalue weighted by molar-refractivity contribution is 5.93. The van der Waals surface area contributed by atoms with Gasteiger partial charge in [0.05, 0.1) is 18.8 Å². The normalized spacial score (nSPS) is 22.0. The predicted octanol–water partition coefficient (Wildman–Crippen LogP) is 3.46. The molecule has 0 spiro atoms. The van der Waals surface area contributed by atoms with Crippen molar-refractivity contribution in [3.05, 3.63) is 42.0 Å². The lowest BCUT2D eigenvalue weighted by molar-refractivity contribution is -0.131. The van der Waals surface area contributed by atoms with Crippen LogP contribution in [-0.2, 0) is 14.3 Å². The number of aliphatic hydroxyl groups is 1. The SMILES string of the molecule is CO[C@@H](c1ccc(N2CCCCC2=O)cc1)[C@@H](C)/C=C/CC(=O)N1CCC[C@H]1CO. The van der Waals surface area contributed by atoms with Crippen LogP contribution in [0.1, 0.15) is 57.1 Å². The number of nitrogens with zero attached hydrogens (tertiary/aromatic N) is 2. The molecule has 1 N–H and O–H groups in total.